The fourth-order valence-corrected chi connectivity index (χ4v) is 1.44. The topological polar surface area (TPSA) is 88.1 Å². The molecule has 124 valence electrons. The highest BCUT2D eigenvalue weighted by Gasteiger charge is 2.22. The van der Waals surface area contributed by atoms with Gasteiger partial charge in [-0.2, -0.15) is 4.89 Å². The Morgan fingerprint density at radius 2 is 1.83 bits per heavy atom. The highest BCUT2D eigenvalue weighted by atomic mass is 17.2. The van der Waals surface area contributed by atoms with Crippen LogP contribution in [0.2, 0.25) is 0 Å². The molecule has 1 aromatic carbocycles. The van der Waals surface area contributed by atoms with Gasteiger partial charge in [0.1, 0.15) is 11.9 Å². The van der Waals surface area contributed by atoms with E-state index in [0.717, 1.165) is 17.9 Å². The van der Waals surface area contributed by atoms with Gasteiger partial charge in [0, 0.05) is 0 Å². The summed E-state index contributed by atoms with van der Waals surface area (Å²) in [6.07, 6.45) is -0.100. The van der Waals surface area contributed by atoms with Crippen LogP contribution in [0.4, 0.5) is 4.79 Å². The first kappa shape index (κ1) is 18.4. The standard InChI is InChI=1S/C16H18O7/c1-12(11-17)21-15(19)22-14(18)9-10-20-23-16(2,3)13-7-5-4-6-8-13/h4-12H,1-3H3. The van der Waals surface area contributed by atoms with Gasteiger partial charge in [-0.15, -0.1) is 0 Å². The van der Waals surface area contributed by atoms with Crippen molar-refractivity contribution in [3.63, 3.8) is 0 Å². The van der Waals surface area contributed by atoms with Crippen molar-refractivity contribution in [3.05, 3.63) is 48.2 Å². The summed E-state index contributed by atoms with van der Waals surface area (Å²) in [5.41, 5.74) is 0.135. The van der Waals surface area contributed by atoms with Gasteiger partial charge < -0.3 is 14.4 Å². The predicted octanol–water partition coefficient (Wildman–Crippen LogP) is 2.65. The summed E-state index contributed by atoms with van der Waals surface area (Å²) in [7, 11) is 0. The summed E-state index contributed by atoms with van der Waals surface area (Å²) in [4.78, 5) is 42.6. The van der Waals surface area contributed by atoms with E-state index in [2.05, 4.69) is 9.47 Å². The minimum Gasteiger partial charge on any atom is -0.423 e. The first-order valence-corrected chi connectivity index (χ1v) is 6.79. The van der Waals surface area contributed by atoms with Crippen LogP contribution in [0.1, 0.15) is 26.3 Å². The second-order valence-corrected chi connectivity index (χ2v) is 4.99. The Morgan fingerprint density at radius 1 is 1.17 bits per heavy atom. The van der Waals surface area contributed by atoms with Crippen molar-refractivity contribution in [1.82, 2.24) is 0 Å². The van der Waals surface area contributed by atoms with E-state index in [-0.39, 0.29) is 0 Å². The molecule has 0 bridgehead atoms. The van der Waals surface area contributed by atoms with Crippen molar-refractivity contribution in [1.29, 1.82) is 0 Å². The zero-order valence-corrected chi connectivity index (χ0v) is 13.1. The summed E-state index contributed by atoms with van der Waals surface area (Å²) in [5.74, 6) is -1.02. The predicted molar refractivity (Wildman–Crippen MR) is 78.9 cm³/mol. The number of ether oxygens (including phenoxy) is 2. The van der Waals surface area contributed by atoms with E-state index >= 15 is 0 Å². The van der Waals surface area contributed by atoms with Crippen LogP contribution in [0, 0.1) is 0 Å². The molecule has 0 saturated heterocycles. The van der Waals surface area contributed by atoms with Crippen LogP contribution in [-0.4, -0.2) is 24.5 Å². The molecule has 0 aliphatic rings. The van der Waals surface area contributed by atoms with E-state index in [0.29, 0.717) is 6.29 Å². The lowest BCUT2D eigenvalue weighted by molar-refractivity contribution is -0.321. The molecule has 0 amide bonds. The molecule has 0 aromatic heterocycles. The third-order valence-electron chi connectivity index (χ3n) is 2.64. The lowest BCUT2D eigenvalue weighted by Gasteiger charge is -2.22. The van der Waals surface area contributed by atoms with Gasteiger partial charge in [-0.3, -0.25) is 4.79 Å². The Labute approximate surface area is 133 Å². The Bertz CT molecular complexity index is 563. The summed E-state index contributed by atoms with van der Waals surface area (Å²) in [5, 5.41) is 0. The molecule has 0 N–H and O–H groups in total. The number of carbonyl (C=O) groups excluding carboxylic acids is 3. The number of benzene rings is 1. The molecule has 0 fully saturated rings. The first-order valence-electron chi connectivity index (χ1n) is 6.79. The third kappa shape index (κ3) is 6.75. The van der Waals surface area contributed by atoms with Crippen LogP contribution in [0.5, 0.6) is 0 Å². The van der Waals surface area contributed by atoms with Gasteiger partial charge >= 0.3 is 12.1 Å². The lowest BCUT2D eigenvalue weighted by Crippen LogP contribution is -2.21. The monoisotopic (exact) mass is 322 g/mol. The molecule has 23 heavy (non-hydrogen) atoms. The molecular weight excluding hydrogens is 304 g/mol. The smallest absolute Gasteiger partial charge is 0.423 e. The van der Waals surface area contributed by atoms with Gasteiger partial charge in [-0.25, -0.2) is 9.59 Å². The number of hydrogen-bond acceptors (Lipinski definition) is 7. The molecule has 0 aliphatic carbocycles. The fourth-order valence-electron chi connectivity index (χ4n) is 1.44. The largest absolute Gasteiger partial charge is 0.517 e. The van der Waals surface area contributed by atoms with Gasteiger partial charge in [0.15, 0.2) is 12.4 Å². The van der Waals surface area contributed by atoms with E-state index in [1.807, 2.05) is 30.3 Å². The number of esters is 1. The summed E-state index contributed by atoms with van der Waals surface area (Å²) < 4.78 is 8.69. The fraction of sp³-hybridized carbons (Fsp3) is 0.312. The maximum atomic E-state index is 11.3. The summed E-state index contributed by atoms with van der Waals surface area (Å²) >= 11 is 0. The molecule has 1 aromatic rings. The average molecular weight is 322 g/mol. The van der Waals surface area contributed by atoms with Crippen molar-refractivity contribution in [2.75, 3.05) is 0 Å². The molecule has 1 unspecified atom stereocenters. The molecule has 1 rings (SSSR count). The molecule has 0 spiro atoms. The van der Waals surface area contributed by atoms with E-state index in [1.54, 1.807) is 13.8 Å². The Balaban J connectivity index is 2.40. The van der Waals surface area contributed by atoms with Crippen LogP contribution in [0.25, 0.3) is 0 Å². The van der Waals surface area contributed by atoms with Crippen LogP contribution in [0.3, 0.4) is 0 Å². The molecule has 0 saturated carbocycles. The first-order chi connectivity index (χ1) is 10.8. The third-order valence-corrected chi connectivity index (χ3v) is 2.64. The molecule has 7 heteroatoms. The lowest BCUT2D eigenvalue weighted by atomic mass is 9.99. The quantitative estimate of drug-likeness (QED) is 0.145. The molecule has 0 radical (unpaired) electrons. The Hall–Kier alpha value is -2.67. The van der Waals surface area contributed by atoms with Crippen molar-refractivity contribution >= 4 is 18.4 Å². The van der Waals surface area contributed by atoms with E-state index in [9.17, 15) is 14.4 Å². The summed E-state index contributed by atoms with van der Waals surface area (Å²) in [6.45, 7) is 4.90. The second-order valence-electron chi connectivity index (χ2n) is 4.99. The van der Waals surface area contributed by atoms with Crippen molar-refractivity contribution < 1.29 is 33.6 Å². The maximum absolute atomic E-state index is 11.3. The SMILES string of the molecule is CC(C=O)OC(=O)OC(=O)C=COOC(C)(C)c1ccccc1. The highest BCUT2D eigenvalue weighted by Crippen LogP contribution is 2.24. The van der Waals surface area contributed by atoms with Gasteiger partial charge in [-0.05, 0) is 26.3 Å². The van der Waals surface area contributed by atoms with Crippen molar-refractivity contribution in [3.8, 4) is 0 Å². The van der Waals surface area contributed by atoms with Gasteiger partial charge in [0.2, 0.25) is 0 Å². The van der Waals surface area contributed by atoms with Crippen LogP contribution < -0.4 is 0 Å². The van der Waals surface area contributed by atoms with E-state index in [1.165, 1.54) is 6.92 Å². The normalized spacial score (nSPS) is 12.5. The van der Waals surface area contributed by atoms with Gasteiger partial charge in [0.25, 0.3) is 0 Å². The Kier molecular flexibility index (Phi) is 6.95. The van der Waals surface area contributed by atoms with Gasteiger partial charge in [-0.1, -0.05) is 30.3 Å². The van der Waals surface area contributed by atoms with Gasteiger partial charge in [0.05, 0.1) is 6.08 Å². The van der Waals surface area contributed by atoms with Crippen LogP contribution in [0.15, 0.2) is 42.7 Å². The summed E-state index contributed by atoms with van der Waals surface area (Å²) in [6, 6.07) is 9.33. The minimum absolute atomic E-state index is 0.393. The molecule has 0 heterocycles. The van der Waals surface area contributed by atoms with Crippen molar-refractivity contribution in [2.24, 2.45) is 0 Å². The minimum atomic E-state index is -1.27. The number of hydrogen-bond donors (Lipinski definition) is 0. The van der Waals surface area contributed by atoms with Crippen LogP contribution >= 0.6 is 0 Å². The number of aldehydes is 1. The zero-order valence-electron chi connectivity index (χ0n) is 13.1. The maximum Gasteiger partial charge on any atom is 0.517 e. The highest BCUT2D eigenvalue weighted by molar-refractivity contribution is 5.89. The van der Waals surface area contributed by atoms with E-state index in [4.69, 9.17) is 9.78 Å². The van der Waals surface area contributed by atoms with Crippen LogP contribution in [-0.2, 0) is 34.4 Å². The van der Waals surface area contributed by atoms with Crippen molar-refractivity contribution in [2.45, 2.75) is 32.5 Å². The average Bonchev–Trinajstić information content (AvgIpc) is 2.52. The zero-order chi connectivity index (χ0) is 17.3. The number of rotatable bonds is 7. The second kappa shape index (κ2) is 8.70. The van der Waals surface area contributed by atoms with E-state index < -0.39 is 23.8 Å². The molecule has 1 atom stereocenters. The molecule has 0 aliphatic heterocycles. The Morgan fingerprint density at radius 3 is 2.43 bits per heavy atom. The molecule has 7 nitrogen and oxygen atoms in total. The molecular formula is C16H18O7. The number of carbonyl (C=O) groups is 3.